The topological polar surface area (TPSA) is 120 Å². The van der Waals surface area contributed by atoms with E-state index in [0.29, 0.717) is 41.1 Å². The van der Waals surface area contributed by atoms with E-state index < -0.39 is 5.60 Å². The van der Waals surface area contributed by atoms with Crippen molar-refractivity contribution in [2.45, 2.75) is 63.3 Å². The number of rotatable bonds is 4. The summed E-state index contributed by atoms with van der Waals surface area (Å²) in [4.78, 5) is 19.4. The maximum absolute atomic E-state index is 12.5. The highest BCUT2D eigenvalue weighted by atomic mass is 32.2. The molecule has 0 spiro atoms. The minimum atomic E-state index is -0.520. The van der Waals surface area contributed by atoms with Crippen molar-refractivity contribution in [3.63, 3.8) is 0 Å². The number of anilines is 1. The molecular formula is C29H33N5O4S. The SMILES string of the molecule is COc1ccc(C)c(-n2c(N)c(C#N)c3c4occc4c(SC4CCN(C(=O)OC(C)(C)C)CC4)nc32)c1C. The molecule has 1 fully saturated rings. The zero-order chi connectivity index (χ0) is 28.1. The van der Waals surface area contributed by atoms with Gasteiger partial charge in [0.25, 0.3) is 0 Å². The highest BCUT2D eigenvalue weighted by molar-refractivity contribution is 8.00. The van der Waals surface area contributed by atoms with E-state index >= 15 is 0 Å². The number of carbonyl (C=O) groups is 1. The number of nitrogen functional groups attached to an aromatic ring is 1. The van der Waals surface area contributed by atoms with Gasteiger partial charge >= 0.3 is 6.09 Å². The van der Waals surface area contributed by atoms with Gasteiger partial charge in [0.1, 0.15) is 39.4 Å². The van der Waals surface area contributed by atoms with Gasteiger partial charge in [0.2, 0.25) is 0 Å². The van der Waals surface area contributed by atoms with Crippen LogP contribution in [0.5, 0.6) is 5.75 Å². The maximum atomic E-state index is 12.5. The molecule has 0 aliphatic carbocycles. The van der Waals surface area contributed by atoms with Gasteiger partial charge in [-0.15, -0.1) is 11.8 Å². The molecular weight excluding hydrogens is 514 g/mol. The molecule has 3 aromatic heterocycles. The van der Waals surface area contributed by atoms with Gasteiger partial charge in [0.05, 0.1) is 29.8 Å². The first-order chi connectivity index (χ1) is 18.5. The van der Waals surface area contributed by atoms with Crippen molar-refractivity contribution in [2.24, 2.45) is 0 Å². The number of carbonyl (C=O) groups excluding carboxylic acids is 1. The predicted molar refractivity (Wildman–Crippen MR) is 153 cm³/mol. The Morgan fingerprint density at radius 3 is 2.59 bits per heavy atom. The molecule has 9 nitrogen and oxygen atoms in total. The van der Waals surface area contributed by atoms with Crippen LogP contribution in [0.1, 0.15) is 50.3 Å². The molecule has 10 heteroatoms. The van der Waals surface area contributed by atoms with E-state index in [0.717, 1.165) is 45.8 Å². The summed E-state index contributed by atoms with van der Waals surface area (Å²) in [5, 5.41) is 12.6. The van der Waals surface area contributed by atoms with E-state index in [2.05, 4.69) is 6.07 Å². The number of furan rings is 1. The normalized spacial score (nSPS) is 14.6. The van der Waals surface area contributed by atoms with Gasteiger partial charge in [-0.2, -0.15) is 5.26 Å². The minimum Gasteiger partial charge on any atom is -0.496 e. The third kappa shape index (κ3) is 4.76. The van der Waals surface area contributed by atoms with Crippen molar-refractivity contribution in [3.8, 4) is 17.5 Å². The molecule has 39 heavy (non-hydrogen) atoms. The number of nitrogens with zero attached hydrogens (tertiary/aromatic N) is 4. The Kier molecular flexibility index (Phi) is 6.89. The van der Waals surface area contributed by atoms with Crippen molar-refractivity contribution in [2.75, 3.05) is 25.9 Å². The third-order valence-electron chi connectivity index (χ3n) is 7.02. The molecule has 5 rings (SSSR count). The average molecular weight is 548 g/mol. The number of methoxy groups -OCH3 is 1. The predicted octanol–water partition coefficient (Wildman–Crippen LogP) is 6.34. The van der Waals surface area contributed by atoms with Gasteiger partial charge in [-0.05, 0) is 65.2 Å². The van der Waals surface area contributed by atoms with E-state index in [9.17, 15) is 10.1 Å². The number of likely N-dealkylation sites (tertiary alicyclic amines) is 1. The van der Waals surface area contributed by atoms with Crippen molar-refractivity contribution < 1.29 is 18.7 Å². The van der Waals surface area contributed by atoms with Crippen LogP contribution in [-0.4, -0.2) is 51.6 Å². The highest BCUT2D eigenvalue weighted by Crippen LogP contribution is 2.42. The first kappa shape index (κ1) is 26.8. The number of hydrogen-bond donors (Lipinski definition) is 1. The van der Waals surface area contributed by atoms with E-state index in [1.807, 2.05) is 57.4 Å². The Labute approximate surface area is 231 Å². The van der Waals surface area contributed by atoms with Crippen LogP contribution in [0.4, 0.5) is 10.6 Å². The van der Waals surface area contributed by atoms with Crippen molar-refractivity contribution in [1.82, 2.24) is 14.5 Å². The number of aryl methyl sites for hydroxylation is 1. The number of nitriles is 1. The lowest BCUT2D eigenvalue weighted by Gasteiger charge is -2.33. The summed E-state index contributed by atoms with van der Waals surface area (Å²) >= 11 is 1.67. The lowest BCUT2D eigenvalue weighted by atomic mass is 10.1. The van der Waals surface area contributed by atoms with E-state index in [4.69, 9.17) is 24.6 Å². The van der Waals surface area contributed by atoms with Gasteiger partial charge in [0, 0.05) is 23.9 Å². The molecule has 4 aromatic rings. The number of thioether (sulfide) groups is 1. The summed E-state index contributed by atoms with van der Waals surface area (Å²) in [6, 6.07) is 8.05. The molecule has 0 radical (unpaired) electrons. The number of hydrogen-bond acceptors (Lipinski definition) is 8. The summed E-state index contributed by atoms with van der Waals surface area (Å²) in [5.41, 5.74) is 10.3. The van der Waals surface area contributed by atoms with Crippen LogP contribution in [0.15, 0.2) is 33.9 Å². The van der Waals surface area contributed by atoms with E-state index in [1.165, 1.54) is 0 Å². The zero-order valence-electron chi connectivity index (χ0n) is 23.1. The molecule has 0 atom stereocenters. The second kappa shape index (κ2) is 10.0. The number of fused-ring (bicyclic) bond motifs is 3. The number of aromatic nitrogens is 2. The quantitative estimate of drug-likeness (QED) is 0.314. The molecule has 204 valence electrons. The van der Waals surface area contributed by atoms with Crippen LogP contribution in [0, 0.1) is 25.2 Å². The lowest BCUT2D eigenvalue weighted by molar-refractivity contribution is 0.0219. The first-order valence-corrected chi connectivity index (χ1v) is 13.8. The van der Waals surface area contributed by atoms with Gasteiger partial charge in [-0.1, -0.05) is 6.07 Å². The lowest BCUT2D eigenvalue weighted by Crippen LogP contribution is -2.42. The van der Waals surface area contributed by atoms with Crippen molar-refractivity contribution in [3.05, 3.63) is 41.2 Å². The number of amides is 1. The molecule has 1 aromatic carbocycles. The fraction of sp³-hybridized carbons (Fsp3) is 0.414. The summed E-state index contributed by atoms with van der Waals surface area (Å²) in [7, 11) is 1.63. The Morgan fingerprint density at radius 1 is 1.23 bits per heavy atom. The Balaban J connectivity index is 1.56. The molecule has 1 saturated heterocycles. The summed E-state index contributed by atoms with van der Waals surface area (Å²) < 4.78 is 18.9. The van der Waals surface area contributed by atoms with Crippen molar-refractivity contribution >= 4 is 45.7 Å². The monoisotopic (exact) mass is 547 g/mol. The molecule has 2 N–H and O–H groups in total. The third-order valence-corrected chi connectivity index (χ3v) is 8.36. The van der Waals surface area contributed by atoms with Crippen LogP contribution >= 0.6 is 11.8 Å². The number of piperidine rings is 1. The molecule has 1 aliphatic heterocycles. The number of ether oxygens (including phenoxy) is 2. The maximum Gasteiger partial charge on any atom is 0.410 e. The molecule has 1 amide bonds. The second-order valence-corrected chi connectivity index (χ2v) is 12.1. The summed E-state index contributed by atoms with van der Waals surface area (Å²) in [6.07, 6.45) is 2.97. The molecule has 0 unspecified atom stereocenters. The van der Waals surface area contributed by atoms with Crippen LogP contribution in [-0.2, 0) is 4.74 Å². The molecule has 0 bridgehead atoms. The van der Waals surface area contributed by atoms with Crippen LogP contribution in [0.25, 0.3) is 27.7 Å². The highest BCUT2D eigenvalue weighted by Gasteiger charge is 2.30. The van der Waals surface area contributed by atoms with E-state index in [1.54, 1.807) is 30.0 Å². The summed E-state index contributed by atoms with van der Waals surface area (Å²) in [5.74, 6) is 1.03. The van der Waals surface area contributed by atoms with E-state index in [-0.39, 0.29) is 11.3 Å². The first-order valence-electron chi connectivity index (χ1n) is 12.9. The Hall–Kier alpha value is -3.84. The standard InChI is InChI=1S/C29H33N5O4S/c1-16-7-8-21(36-6)17(2)23(16)34-25(31)20(15-30)22-24-19(11-14-37-24)27(32-26(22)34)39-18-9-12-33(13-10-18)28(35)38-29(3,4)5/h7-8,11,14,18H,9-10,12-13,31H2,1-6H3. The summed E-state index contributed by atoms with van der Waals surface area (Å²) in [6.45, 7) is 10.8. The van der Waals surface area contributed by atoms with Crippen molar-refractivity contribution in [1.29, 1.82) is 5.26 Å². The average Bonchev–Trinajstić information content (AvgIpc) is 3.47. The fourth-order valence-corrected chi connectivity index (χ4v) is 6.37. The van der Waals surface area contributed by atoms with Crippen LogP contribution < -0.4 is 10.5 Å². The second-order valence-electron chi connectivity index (χ2n) is 10.8. The Morgan fingerprint density at radius 2 is 1.95 bits per heavy atom. The number of nitrogens with two attached hydrogens (primary N) is 1. The molecule has 1 aliphatic rings. The number of pyridine rings is 1. The fourth-order valence-electron chi connectivity index (χ4n) is 5.18. The van der Waals surface area contributed by atoms with Gasteiger partial charge < -0.3 is 24.5 Å². The largest absolute Gasteiger partial charge is 0.496 e. The Bertz CT molecular complexity index is 1620. The molecule has 0 saturated carbocycles. The van der Waals surface area contributed by atoms with Gasteiger partial charge in [0.15, 0.2) is 5.65 Å². The van der Waals surface area contributed by atoms with Gasteiger partial charge in [-0.3, -0.25) is 4.57 Å². The van der Waals surface area contributed by atoms with Gasteiger partial charge in [-0.25, -0.2) is 9.78 Å². The zero-order valence-corrected chi connectivity index (χ0v) is 23.9. The molecule has 4 heterocycles. The van der Waals surface area contributed by atoms with Crippen LogP contribution in [0.2, 0.25) is 0 Å². The smallest absolute Gasteiger partial charge is 0.410 e. The van der Waals surface area contributed by atoms with Crippen LogP contribution in [0.3, 0.4) is 0 Å². The minimum absolute atomic E-state index is 0.253. The number of benzene rings is 1.